The average Bonchev–Trinajstić information content (AvgIpc) is 2.91. The molecule has 26 heavy (non-hydrogen) atoms. The van der Waals surface area contributed by atoms with Gasteiger partial charge in [-0.1, -0.05) is 0 Å². The van der Waals surface area contributed by atoms with E-state index in [9.17, 15) is 18.0 Å². The molecule has 0 bridgehead atoms. The molecule has 3 atom stereocenters. The van der Waals surface area contributed by atoms with E-state index in [2.05, 4.69) is 10.1 Å². The highest BCUT2D eigenvalue weighted by Crippen LogP contribution is 2.62. The van der Waals surface area contributed by atoms with E-state index in [1.54, 1.807) is 0 Å². The summed E-state index contributed by atoms with van der Waals surface area (Å²) in [7, 11) is 0. The summed E-state index contributed by atoms with van der Waals surface area (Å²) in [5.74, 6) is 0.712. The van der Waals surface area contributed by atoms with Gasteiger partial charge in [0.1, 0.15) is 11.6 Å². The Hall–Kier alpha value is -2.38. The fourth-order valence-electron chi connectivity index (χ4n) is 4.10. The van der Waals surface area contributed by atoms with Crippen LogP contribution in [-0.4, -0.2) is 20.5 Å². The Morgan fingerprint density at radius 1 is 1.23 bits per heavy atom. The molecule has 2 aliphatic carbocycles. The first kappa shape index (κ1) is 17.1. The van der Waals surface area contributed by atoms with E-state index >= 15 is 0 Å². The van der Waals surface area contributed by atoms with E-state index in [0.717, 1.165) is 11.8 Å². The molecule has 8 heteroatoms. The maximum atomic E-state index is 13.1. The Labute approximate surface area is 148 Å². The Balaban J connectivity index is 1.73. The van der Waals surface area contributed by atoms with Gasteiger partial charge >= 0.3 is 6.18 Å². The van der Waals surface area contributed by atoms with Gasteiger partial charge in [-0.25, -0.2) is 4.98 Å². The topological polar surface area (TPSA) is 73.8 Å². The zero-order chi connectivity index (χ0) is 18.8. The summed E-state index contributed by atoms with van der Waals surface area (Å²) in [5, 5.41) is 4.52. The maximum absolute atomic E-state index is 13.1. The van der Waals surface area contributed by atoms with E-state index in [-0.39, 0.29) is 17.5 Å². The van der Waals surface area contributed by atoms with Crippen LogP contribution in [-0.2, 0) is 11.0 Å². The number of carbonyl (C=O) groups is 1. The number of nitrogens with zero attached hydrogens (tertiary/aromatic N) is 3. The van der Waals surface area contributed by atoms with E-state index in [1.165, 1.54) is 6.20 Å². The van der Waals surface area contributed by atoms with Crippen LogP contribution in [0.2, 0.25) is 0 Å². The van der Waals surface area contributed by atoms with Crippen LogP contribution in [0.1, 0.15) is 49.9 Å². The summed E-state index contributed by atoms with van der Waals surface area (Å²) in [6.45, 7) is 3.96. The number of nitrogen functional groups attached to an aromatic ring is 1. The number of ketones is 1. The highest BCUT2D eigenvalue weighted by molar-refractivity contribution is 5.83. The molecule has 0 saturated heterocycles. The van der Waals surface area contributed by atoms with Crippen molar-refractivity contribution >= 4 is 11.6 Å². The van der Waals surface area contributed by atoms with Gasteiger partial charge < -0.3 is 5.73 Å². The minimum atomic E-state index is -4.57. The van der Waals surface area contributed by atoms with E-state index < -0.39 is 17.6 Å². The molecule has 0 spiro atoms. The lowest BCUT2D eigenvalue weighted by molar-refractivity contribution is -0.137. The lowest BCUT2D eigenvalue weighted by atomic mass is 10.1. The van der Waals surface area contributed by atoms with Gasteiger partial charge in [0.25, 0.3) is 0 Å². The molecule has 0 unspecified atom stereocenters. The minimum absolute atomic E-state index is 0.0691. The molecule has 138 valence electrons. The quantitative estimate of drug-likeness (QED) is 0.899. The van der Waals surface area contributed by atoms with E-state index in [1.807, 2.05) is 24.6 Å². The van der Waals surface area contributed by atoms with Crippen LogP contribution in [0.4, 0.5) is 19.0 Å². The predicted molar refractivity (Wildman–Crippen MR) is 89.2 cm³/mol. The van der Waals surface area contributed by atoms with E-state index in [0.29, 0.717) is 36.2 Å². The van der Waals surface area contributed by atoms with Gasteiger partial charge in [-0.05, 0) is 37.8 Å². The van der Waals surface area contributed by atoms with Crippen LogP contribution < -0.4 is 5.73 Å². The van der Waals surface area contributed by atoms with Crippen molar-refractivity contribution in [1.82, 2.24) is 14.8 Å². The largest absolute Gasteiger partial charge is 0.419 e. The van der Waals surface area contributed by atoms with Crippen molar-refractivity contribution in [2.75, 3.05) is 5.73 Å². The molecule has 0 radical (unpaired) electrons. The molecule has 0 aliphatic heterocycles. The van der Waals surface area contributed by atoms with Crippen LogP contribution in [0.25, 0.3) is 11.3 Å². The first-order valence-electron chi connectivity index (χ1n) is 8.61. The minimum Gasteiger partial charge on any atom is -0.383 e. The van der Waals surface area contributed by atoms with Crippen molar-refractivity contribution in [2.45, 2.75) is 44.8 Å². The van der Waals surface area contributed by atoms with E-state index in [4.69, 9.17) is 5.73 Å². The number of Topliss-reactive ketones (excluding diaryl/α,β-unsaturated/α-hetero) is 1. The monoisotopic (exact) mass is 364 g/mol. The number of alkyl halides is 3. The second-order valence-electron chi connectivity index (χ2n) is 7.45. The number of halogens is 3. The molecule has 0 amide bonds. The molecule has 2 aromatic rings. The average molecular weight is 364 g/mol. The third-order valence-electron chi connectivity index (χ3n) is 5.37. The highest BCUT2D eigenvalue weighted by atomic mass is 19.4. The molecular formula is C18H19F3N4O. The van der Waals surface area contributed by atoms with Crippen molar-refractivity contribution in [2.24, 2.45) is 11.8 Å². The number of carbonyl (C=O) groups excluding carboxylic acids is 1. The molecule has 2 aliphatic rings. The molecule has 4 rings (SSSR count). The number of rotatable bonds is 3. The Bertz CT molecular complexity index is 873. The third kappa shape index (κ3) is 2.68. The number of nitrogens with two attached hydrogens (primary N) is 1. The van der Waals surface area contributed by atoms with Gasteiger partial charge in [-0.3, -0.25) is 9.48 Å². The van der Waals surface area contributed by atoms with Crippen molar-refractivity contribution in [3.05, 3.63) is 29.6 Å². The third-order valence-corrected chi connectivity index (χ3v) is 5.37. The van der Waals surface area contributed by atoms with Crippen LogP contribution in [0.5, 0.6) is 0 Å². The zero-order valence-corrected chi connectivity index (χ0v) is 14.4. The summed E-state index contributed by atoms with van der Waals surface area (Å²) in [5.41, 5.74) is 6.15. The molecule has 2 N–H and O–H groups in total. The van der Waals surface area contributed by atoms with Gasteiger partial charge in [0, 0.05) is 42.3 Å². The summed E-state index contributed by atoms with van der Waals surface area (Å²) in [6, 6.07) is 2.90. The summed E-state index contributed by atoms with van der Waals surface area (Å²) >= 11 is 0. The molecule has 0 aromatic carbocycles. The Morgan fingerprint density at radius 2 is 1.88 bits per heavy atom. The summed E-state index contributed by atoms with van der Waals surface area (Å²) < 4.78 is 41.2. The second kappa shape index (κ2) is 5.56. The first-order chi connectivity index (χ1) is 12.2. The number of aromatic nitrogens is 3. The zero-order valence-electron chi connectivity index (χ0n) is 14.4. The number of fused-ring (bicyclic) bond motifs is 1. The Morgan fingerprint density at radius 3 is 2.46 bits per heavy atom. The van der Waals surface area contributed by atoms with Gasteiger partial charge in [-0.15, -0.1) is 0 Å². The first-order valence-corrected chi connectivity index (χ1v) is 8.61. The molecule has 2 fully saturated rings. The normalized spacial score (nSPS) is 25.0. The lowest BCUT2D eigenvalue weighted by Gasteiger charge is -2.12. The van der Waals surface area contributed by atoms with Crippen molar-refractivity contribution in [1.29, 1.82) is 0 Å². The molecule has 5 nitrogen and oxygen atoms in total. The smallest absolute Gasteiger partial charge is 0.383 e. The van der Waals surface area contributed by atoms with Crippen molar-refractivity contribution in [3.63, 3.8) is 0 Å². The van der Waals surface area contributed by atoms with Crippen LogP contribution in [0, 0.1) is 11.8 Å². The number of anilines is 1. The van der Waals surface area contributed by atoms with Crippen LogP contribution >= 0.6 is 0 Å². The standard InChI is InChI=1S/C18H19F3N4O/c1-8(2)25-15(16-11-4-10(26)5-12(11)16)6-14(24-25)9-3-13(18(19,20)21)17(22)23-7-9/h3,6-8,11-12,16H,4-5H2,1-2H3,(H2,22,23)/t11-,12+,16+. The maximum Gasteiger partial charge on any atom is 0.419 e. The Kier molecular flexibility index (Phi) is 3.65. The van der Waals surface area contributed by atoms with Gasteiger partial charge in [0.05, 0.1) is 11.3 Å². The number of hydrogen-bond acceptors (Lipinski definition) is 4. The fourth-order valence-corrected chi connectivity index (χ4v) is 4.10. The number of hydrogen-bond donors (Lipinski definition) is 1. The number of pyridine rings is 1. The van der Waals surface area contributed by atoms with Gasteiger partial charge in [0.15, 0.2) is 0 Å². The second-order valence-corrected chi connectivity index (χ2v) is 7.45. The summed E-state index contributed by atoms with van der Waals surface area (Å²) in [6.07, 6.45) is -2.06. The van der Waals surface area contributed by atoms with Crippen molar-refractivity contribution < 1.29 is 18.0 Å². The highest BCUT2D eigenvalue weighted by Gasteiger charge is 2.57. The fraction of sp³-hybridized carbons (Fsp3) is 0.500. The van der Waals surface area contributed by atoms with Gasteiger partial charge in [0.2, 0.25) is 0 Å². The molecule has 2 saturated carbocycles. The van der Waals surface area contributed by atoms with Crippen LogP contribution in [0.15, 0.2) is 18.3 Å². The van der Waals surface area contributed by atoms with Crippen molar-refractivity contribution in [3.8, 4) is 11.3 Å². The lowest BCUT2D eigenvalue weighted by Crippen LogP contribution is -2.10. The van der Waals surface area contributed by atoms with Gasteiger partial charge in [-0.2, -0.15) is 18.3 Å². The SMILES string of the molecule is CC(C)n1nc(-c2cnc(N)c(C(F)(F)F)c2)cc1[C@H]1[C@@H]2CC(=O)C[C@@H]21. The predicted octanol–water partition coefficient (Wildman–Crippen LogP) is 3.82. The summed E-state index contributed by atoms with van der Waals surface area (Å²) in [4.78, 5) is 15.2. The van der Waals surface area contributed by atoms with Crippen LogP contribution in [0.3, 0.4) is 0 Å². The molecule has 2 heterocycles. The molecular weight excluding hydrogens is 345 g/mol. The molecule has 2 aromatic heterocycles.